The fraction of sp³-hybridized carbons (Fsp3) is 0.458. The third kappa shape index (κ3) is 3.78. The number of benzene rings is 1. The highest BCUT2D eigenvalue weighted by molar-refractivity contribution is 5.94. The first-order valence-corrected chi connectivity index (χ1v) is 10.6. The third-order valence-electron chi connectivity index (χ3n) is 6.57. The minimum atomic E-state index is 0.0193. The molecule has 156 valence electrons. The van der Waals surface area contributed by atoms with Gasteiger partial charge in [0.15, 0.2) is 0 Å². The molecule has 1 N–H and O–H groups in total. The first-order valence-electron chi connectivity index (χ1n) is 10.6. The lowest BCUT2D eigenvalue weighted by atomic mass is 9.80. The van der Waals surface area contributed by atoms with Crippen molar-refractivity contribution in [1.29, 1.82) is 5.26 Å². The summed E-state index contributed by atoms with van der Waals surface area (Å²) in [6.45, 7) is 7.50. The van der Waals surface area contributed by atoms with Gasteiger partial charge in [-0.05, 0) is 55.0 Å². The van der Waals surface area contributed by atoms with E-state index in [-0.39, 0.29) is 23.9 Å². The highest BCUT2D eigenvalue weighted by Gasteiger charge is 2.38. The second kappa shape index (κ2) is 8.45. The van der Waals surface area contributed by atoms with Gasteiger partial charge in [0.1, 0.15) is 11.9 Å². The Morgan fingerprint density at radius 3 is 2.63 bits per heavy atom. The largest absolute Gasteiger partial charge is 0.381 e. The van der Waals surface area contributed by atoms with E-state index in [0.29, 0.717) is 11.5 Å². The second-order valence-corrected chi connectivity index (χ2v) is 8.36. The van der Waals surface area contributed by atoms with E-state index < -0.39 is 0 Å². The van der Waals surface area contributed by atoms with Gasteiger partial charge in [0, 0.05) is 44.0 Å². The molecule has 1 amide bonds. The van der Waals surface area contributed by atoms with Crippen molar-refractivity contribution in [2.45, 2.75) is 51.6 Å². The van der Waals surface area contributed by atoms with E-state index in [0.717, 1.165) is 43.1 Å². The number of carbonyl (C=O) groups is 1. The molecule has 2 aliphatic rings. The quantitative estimate of drug-likeness (QED) is 0.821. The molecule has 0 radical (unpaired) electrons. The maximum Gasteiger partial charge on any atom is 0.224 e. The summed E-state index contributed by atoms with van der Waals surface area (Å²) in [6.07, 6.45) is 3.63. The number of hydrogen-bond donors (Lipinski definition) is 1. The maximum atomic E-state index is 12.5. The maximum absolute atomic E-state index is 12.5. The Hall–Kier alpha value is -2.91. The molecule has 1 aromatic carbocycles. The van der Waals surface area contributed by atoms with E-state index in [1.807, 2.05) is 11.0 Å². The summed E-state index contributed by atoms with van der Waals surface area (Å²) in [6, 6.07) is 12.3. The number of pyridine rings is 1. The number of rotatable bonds is 3. The Labute approximate surface area is 177 Å². The van der Waals surface area contributed by atoms with Crippen LogP contribution in [0.1, 0.15) is 62.3 Å². The van der Waals surface area contributed by atoms with Crippen molar-refractivity contribution in [3.8, 4) is 6.07 Å². The Morgan fingerprint density at radius 2 is 2.00 bits per heavy atom. The lowest BCUT2D eigenvalue weighted by Crippen LogP contribution is -2.48. The molecule has 2 aliphatic heterocycles. The minimum absolute atomic E-state index is 0.0193. The fourth-order valence-corrected chi connectivity index (χ4v) is 4.71. The summed E-state index contributed by atoms with van der Waals surface area (Å²) in [5, 5.41) is 12.6. The van der Waals surface area contributed by atoms with Crippen molar-refractivity contribution < 1.29 is 9.53 Å². The van der Waals surface area contributed by atoms with Gasteiger partial charge >= 0.3 is 0 Å². The standard InChI is InChI=1S/C24H28N4O2/c1-15-16(2)28(17(3)29)22-6-5-20(19-8-10-30-11-9-19)12-21(22)24(15)27-23-7-4-18(13-25)14-26-23/h4-7,12,14-16,19,24H,8-11H2,1-3H3,(H,26,27). The molecule has 2 aromatic rings. The zero-order valence-electron chi connectivity index (χ0n) is 17.8. The van der Waals surface area contributed by atoms with E-state index >= 15 is 0 Å². The second-order valence-electron chi connectivity index (χ2n) is 8.36. The van der Waals surface area contributed by atoms with Crippen LogP contribution in [0.2, 0.25) is 0 Å². The number of ether oxygens (including phenoxy) is 1. The molecule has 1 aromatic heterocycles. The highest BCUT2D eigenvalue weighted by atomic mass is 16.5. The van der Waals surface area contributed by atoms with Crippen LogP contribution >= 0.6 is 0 Å². The zero-order valence-corrected chi connectivity index (χ0v) is 17.8. The Kier molecular flexibility index (Phi) is 5.74. The first-order chi connectivity index (χ1) is 14.5. The highest BCUT2D eigenvalue weighted by Crippen LogP contribution is 2.44. The van der Waals surface area contributed by atoms with Gasteiger partial charge in [-0.3, -0.25) is 4.79 Å². The van der Waals surface area contributed by atoms with Crippen LogP contribution in [0.15, 0.2) is 36.5 Å². The lowest BCUT2D eigenvalue weighted by Gasteiger charge is -2.44. The molecular formula is C24H28N4O2. The van der Waals surface area contributed by atoms with Gasteiger partial charge < -0.3 is 15.0 Å². The molecule has 3 unspecified atom stereocenters. The lowest BCUT2D eigenvalue weighted by molar-refractivity contribution is -0.117. The van der Waals surface area contributed by atoms with Crippen LogP contribution in [0.25, 0.3) is 0 Å². The molecule has 0 bridgehead atoms. The van der Waals surface area contributed by atoms with E-state index in [1.54, 1.807) is 19.2 Å². The van der Waals surface area contributed by atoms with Crippen LogP contribution in [-0.2, 0) is 9.53 Å². The molecule has 4 rings (SSSR count). The Morgan fingerprint density at radius 1 is 1.23 bits per heavy atom. The molecule has 6 nitrogen and oxygen atoms in total. The zero-order chi connectivity index (χ0) is 21.3. The molecule has 3 atom stereocenters. The SMILES string of the molecule is CC(=O)N1c2ccc(C3CCOCC3)cc2C(Nc2ccc(C#N)cn2)C(C)C1C. The van der Waals surface area contributed by atoms with Crippen LogP contribution < -0.4 is 10.2 Å². The molecule has 0 saturated carbocycles. The van der Waals surface area contributed by atoms with Gasteiger partial charge in [-0.2, -0.15) is 5.26 Å². The number of nitriles is 1. The predicted molar refractivity (Wildman–Crippen MR) is 116 cm³/mol. The summed E-state index contributed by atoms with van der Waals surface area (Å²) < 4.78 is 5.54. The normalized spacial score (nSPS) is 24.1. The van der Waals surface area contributed by atoms with Gasteiger partial charge in [-0.25, -0.2) is 4.98 Å². The first kappa shape index (κ1) is 20.4. The molecule has 3 heterocycles. The monoisotopic (exact) mass is 404 g/mol. The smallest absolute Gasteiger partial charge is 0.224 e. The summed E-state index contributed by atoms with van der Waals surface area (Å²) in [5.41, 5.74) is 3.94. The van der Waals surface area contributed by atoms with Crippen molar-refractivity contribution in [3.05, 3.63) is 53.2 Å². The number of anilines is 2. The van der Waals surface area contributed by atoms with Gasteiger partial charge in [0.25, 0.3) is 0 Å². The number of nitrogens with one attached hydrogen (secondary N) is 1. The van der Waals surface area contributed by atoms with Crippen LogP contribution in [0.3, 0.4) is 0 Å². The van der Waals surface area contributed by atoms with E-state index in [1.165, 1.54) is 5.56 Å². The number of carbonyl (C=O) groups excluding carboxylic acids is 1. The van der Waals surface area contributed by atoms with Crippen LogP contribution in [-0.4, -0.2) is 30.1 Å². The van der Waals surface area contributed by atoms with Crippen molar-refractivity contribution in [2.24, 2.45) is 5.92 Å². The van der Waals surface area contributed by atoms with E-state index in [4.69, 9.17) is 10.00 Å². The molecule has 1 fully saturated rings. The number of aromatic nitrogens is 1. The molecular weight excluding hydrogens is 376 g/mol. The number of amides is 1. The average Bonchev–Trinajstić information content (AvgIpc) is 2.77. The van der Waals surface area contributed by atoms with Crippen molar-refractivity contribution in [3.63, 3.8) is 0 Å². The van der Waals surface area contributed by atoms with Gasteiger partial charge in [-0.1, -0.05) is 19.1 Å². The van der Waals surface area contributed by atoms with Crippen LogP contribution in [0, 0.1) is 17.2 Å². The fourth-order valence-electron chi connectivity index (χ4n) is 4.71. The number of hydrogen-bond acceptors (Lipinski definition) is 5. The Bertz CT molecular complexity index is 960. The van der Waals surface area contributed by atoms with E-state index in [9.17, 15) is 4.79 Å². The van der Waals surface area contributed by atoms with Gasteiger partial charge in [-0.15, -0.1) is 0 Å². The molecule has 1 saturated heterocycles. The Balaban J connectivity index is 1.74. The third-order valence-corrected chi connectivity index (χ3v) is 6.57. The summed E-state index contributed by atoms with van der Waals surface area (Å²) in [4.78, 5) is 18.8. The predicted octanol–water partition coefficient (Wildman–Crippen LogP) is 4.39. The summed E-state index contributed by atoms with van der Waals surface area (Å²) >= 11 is 0. The number of fused-ring (bicyclic) bond motifs is 1. The molecule has 30 heavy (non-hydrogen) atoms. The van der Waals surface area contributed by atoms with Crippen molar-refractivity contribution in [1.82, 2.24) is 4.98 Å². The average molecular weight is 405 g/mol. The van der Waals surface area contributed by atoms with Gasteiger partial charge in [0.05, 0.1) is 11.6 Å². The molecule has 0 aliphatic carbocycles. The topological polar surface area (TPSA) is 78.2 Å². The van der Waals surface area contributed by atoms with Crippen LogP contribution in [0.5, 0.6) is 0 Å². The van der Waals surface area contributed by atoms with Gasteiger partial charge in [0.2, 0.25) is 5.91 Å². The number of nitrogens with zero attached hydrogens (tertiary/aromatic N) is 3. The van der Waals surface area contributed by atoms with Crippen molar-refractivity contribution in [2.75, 3.05) is 23.4 Å². The molecule has 6 heteroatoms. The van der Waals surface area contributed by atoms with Crippen LogP contribution in [0.4, 0.5) is 11.5 Å². The molecule has 0 spiro atoms. The van der Waals surface area contributed by atoms with Crippen molar-refractivity contribution >= 4 is 17.4 Å². The minimum Gasteiger partial charge on any atom is -0.381 e. The summed E-state index contributed by atoms with van der Waals surface area (Å²) in [5.74, 6) is 1.46. The van der Waals surface area contributed by atoms with E-state index in [2.05, 4.69) is 48.4 Å². The summed E-state index contributed by atoms with van der Waals surface area (Å²) in [7, 11) is 0.